The summed E-state index contributed by atoms with van der Waals surface area (Å²) >= 11 is 0.788. The summed E-state index contributed by atoms with van der Waals surface area (Å²) in [6, 6.07) is 1.74. The number of carboxylic acids is 1. The molecule has 0 aliphatic carbocycles. The summed E-state index contributed by atoms with van der Waals surface area (Å²) in [6.45, 7) is 0. The minimum absolute atomic E-state index is 0.0509. The maximum Gasteiger partial charge on any atom is 0.357 e. The van der Waals surface area contributed by atoms with Crippen molar-refractivity contribution in [2.24, 2.45) is 0 Å². The van der Waals surface area contributed by atoms with Crippen LogP contribution in [0.15, 0.2) is 0 Å². The second-order valence-corrected chi connectivity index (χ2v) is 2.46. The lowest BCUT2D eigenvalue weighted by Crippen LogP contribution is -2.01. The van der Waals surface area contributed by atoms with Crippen LogP contribution in [0.5, 0.6) is 0 Å². The maximum atomic E-state index is 10.3. The predicted molar refractivity (Wildman–Crippen MR) is 38.2 cm³/mol. The highest BCUT2D eigenvalue weighted by Gasteiger charge is 2.15. The summed E-state index contributed by atoms with van der Waals surface area (Å²) in [5.41, 5.74) is 4.96. The molecule has 6 heteroatoms. The predicted octanol–water partition coefficient (Wildman–Crippen LogP) is 0.295. The van der Waals surface area contributed by atoms with Crippen LogP contribution in [-0.4, -0.2) is 15.4 Å². The van der Waals surface area contributed by atoms with Crippen molar-refractivity contribution >= 4 is 23.2 Å². The number of aromatic carboxylic acids is 1. The van der Waals surface area contributed by atoms with Gasteiger partial charge in [0.05, 0.1) is 5.69 Å². The van der Waals surface area contributed by atoms with Crippen molar-refractivity contribution in [3.63, 3.8) is 0 Å². The maximum absolute atomic E-state index is 10.3. The Bertz CT molecular complexity index is 338. The van der Waals surface area contributed by atoms with Gasteiger partial charge in [-0.3, -0.25) is 0 Å². The molecule has 56 valence electrons. The van der Waals surface area contributed by atoms with E-state index in [0.29, 0.717) is 0 Å². The molecule has 0 aromatic carbocycles. The van der Waals surface area contributed by atoms with Crippen molar-refractivity contribution in [1.29, 1.82) is 5.26 Å². The van der Waals surface area contributed by atoms with Crippen LogP contribution in [0.25, 0.3) is 0 Å². The molecule has 5 nitrogen and oxygen atoms in total. The number of nitrogens with zero attached hydrogens (tertiary/aromatic N) is 2. The fourth-order valence-electron chi connectivity index (χ4n) is 0.532. The molecule has 1 aromatic heterocycles. The van der Waals surface area contributed by atoms with Gasteiger partial charge in [0.1, 0.15) is 10.9 Å². The van der Waals surface area contributed by atoms with Crippen LogP contribution in [0.2, 0.25) is 0 Å². The molecule has 1 aromatic rings. The summed E-state index contributed by atoms with van der Waals surface area (Å²) in [4.78, 5) is 10.4. The first kappa shape index (κ1) is 7.50. The largest absolute Gasteiger partial charge is 0.476 e. The van der Waals surface area contributed by atoms with Gasteiger partial charge in [-0.1, -0.05) is 0 Å². The smallest absolute Gasteiger partial charge is 0.357 e. The average Bonchev–Trinajstić information content (AvgIpc) is 2.30. The molecule has 0 fully saturated rings. The Morgan fingerprint density at radius 2 is 2.45 bits per heavy atom. The topological polar surface area (TPSA) is 100 Å². The lowest BCUT2D eigenvalue weighted by Gasteiger charge is -1.86. The monoisotopic (exact) mass is 169 g/mol. The number of anilines is 1. The molecule has 0 aliphatic rings. The number of carboxylic acid groups (broad SMARTS) is 1. The molecule has 0 saturated heterocycles. The van der Waals surface area contributed by atoms with Gasteiger partial charge in [-0.05, 0) is 11.5 Å². The second-order valence-electron chi connectivity index (χ2n) is 1.69. The van der Waals surface area contributed by atoms with Crippen molar-refractivity contribution in [2.45, 2.75) is 0 Å². The zero-order chi connectivity index (χ0) is 8.43. The van der Waals surface area contributed by atoms with Crippen LogP contribution < -0.4 is 5.73 Å². The lowest BCUT2D eigenvalue weighted by molar-refractivity contribution is 0.0693. The van der Waals surface area contributed by atoms with Gasteiger partial charge in [0.15, 0.2) is 5.69 Å². The number of hydrogen-bond donors (Lipinski definition) is 2. The average molecular weight is 169 g/mol. The molecule has 11 heavy (non-hydrogen) atoms. The van der Waals surface area contributed by atoms with E-state index >= 15 is 0 Å². The molecule has 0 saturated carbocycles. The number of nitrogen functional groups attached to an aromatic ring is 1. The molecule has 0 unspecified atom stereocenters. The third-order valence-electron chi connectivity index (χ3n) is 1.03. The van der Waals surface area contributed by atoms with Gasteiger partial charge >= 0.3 is 5.97 Å². The zero-order valence-corrected chi connectivity index (χ0v) is 6.05. The van der Waals surface area contributed by atoms with Crippen molar-refractivity contribution < 1.29 is 9.90 Å². The first-order valence-electron chi connectivity index (χ1n) is 2.55. The van der Waals surface area contributed by atoms with Crippen LogP contribution in [-0.2, 0) is 0 Å². The Balaban J connectivity index is 3.24. The van der Waals surface area contributed by atoms with Crippen molar-refractivity contribution in [2.75, 3.05) is 5.73 Å². The van der Waals surface area contributed by atoms with Gasteiger partial charge < -0.3 is 10.8 Å². The highest BCUT2D eigenvalue weighted by molar-refractivity contribution is 7.07. The molecule has 0 bridgehead atoms. The summed E-state index contributed by atoms with van der Waals surface area (Å²) in [5.74, 6) is -1.21. The van der Waals surface area contributed by atoms with Crippen molar-refractivity contribution in [1.82, 2.24) is 4.37 Å². The fraction of sp³-hybridized carbons (Fsp3) is 0. The van der Waals surface area contributed by atoms with E-state index in [1.807, 2.05) is 0 Å². The van der Waals surface area contributed by atoms with E-state index in [1.165, 1.54) is 0 Å². The SMILES string of the molecule is N#Cc1snc(C(=O)O)c1N. The highest BCUT2D eigenvalue weighted by Crippen LogP contribution is 2.19. The molecular formula is C5H3N3O2S. The van der Waals surface area contributed by atoms with Gasteiger partial charge in [0.2, 0.25) is 0 Å². The first-order chi connectivity index (χ1) is 5.16. The van der Waals surface area contributed by atoms with Crippen LogP contribution in [0, 0.1) is 11.3 Å². The minimum atomic E-state index is -1.21. The Hall–Kier alpha value is -1.61. The van der Waals surface area contributed by atoms with Crippen LogP contribution in [0.4, 0.5) is 5.69 Å². The minimum Gasteiger partial charge on any atom is -0.476 e. The zero-order valence-electron chi connectivity index (χ0n) is 5.24. The van der Waals surface area contributed by atoms with Gasteiger partial charge in [-0.15, -0.1) is 0 Å². The number of nitriles is 1. The molecule has 0 aliphatic heterocycles. The number of hydrogen-bond acceptors (Lipinski definition) is 5. The molecular weight excluding hydrogens is 166 g/mol. The molecule has 0 spiro atoms. The van der Waals surface area contributed by atoms with E-state index in [0.717, 1.165) is 11.5 Å². The second kappa shape index (κ2) is 2.56. The lowest BCUT2D eigenvalue weighted by atomic mass is 10.3. The van der Waals surface area contributed by atoms with Crippen molar-refractivity contribution in [3.05, 3.63) is 10.6 Å². The van der Waals surface area contributed by atoms with E-state index in [-0.39, 0.29) is 16.3 Å². The summed E-state index contributed by atoms with van der Waals surface area (Å²) < 4.78 is 3.48. The van der Waals surface area contributed by atoms with Crippen LogP contribution in [0.1, 0.15) is 15.4 Å². The Morgan fingerprint density at radius 3 is 2.73 bits per heavy atom. The number of nitrogens with two attached hydrogens (primary N) is 1. The third-order valence-corrected chi connectivity index (χ3v) is 1.80. The van der Waals surface area contributed by atoms with E-state index < -0.39 is 5.97 Å². The van der Waals surface area contributed by atoms with E-state index in [2.05, 4.69) is 4.37 Å². The van der Waals surface area contributed by atoms with Gasteiger partial charge in [0, 0.05) is 0 Å². The Kier molecular flexibility index (Phi) is 1.74. The highest BCUT2D eigenvalue weighted by atomic mass is 32.1. The van der Waals surface area contributed by atoms with Gasteiger partial charge in [-0.2, -0.15) is 9.64 Å². The van der Waals surface area contributed by atoms with E-state index in [1.54, 1.807) is 6.07 Å². The fourth-order valence-corrected chi connectivity index (χ4v) is 1.13. The molecule has 0 atom stereocenters. The van der Waals surface area contributed by atoms with Crippen LogP contribution in [0.3, 0.4) is 0 Å². The van der Waals surface area contributed by atoms with E-state index in [4.69, 9.17) is 16.1 Å². The Labute approximate surface area is 65.9 Å². The molecule has 1 rings (SSSR count). The Morgan fingerprint density at radius 1 is 1.82 bits per heavy atom. The normalized spacial score (nSPS) is 9.00. The summed E-state index contributed by atoms with van der Waals surface area (Å²) in [6.07, 6.45) is 0. The number of carbonyl (C=O) groups is 1. The van der Waals surface area contributed by atoms with E-state index in [9.17, 15) is 4.79 Å². The molecule has 1 heterocycles. The standard InChI is InChI=1S/C5H3N3O2S/c6-1-2-3(7)4(5(9)10)8-11-2/h7H2,(H,9,10). The molecule has 3 N–H and O–H groups in total. The van der Waals surface area contributed by atoms with Gasteiger partial charge in [-0.25, -0.2) is 4.79 Å². The number of rotatable bonds is 1. The van der Waals surface area contributed by atoms with Gasteiger partial charge in [0.25, 0.3) is 0 Å². The quantitative estimate of drug-likeness (QED) is 0.629. The first-order valence-corrected chi connectivity index (χ1v) is 3.32. The number of aromatic nitrogens is 1. The third kappa shape index (κ3) is 1.13. The molecule has 0 amide bonds. The van der Waals surface area contributed by atoms with Crippen LogP contribution >= 0.6 is 11.5 Å². The summed E-state index contributed by atoms with van der Waals surface area (Å²) in [7, 11) is 0. The molecule has 0 radical (unpaired) electrons. The summed E-state index contributed by atoms with van der Waals surface area (Å²) in [5, 5.41) is 16.8. The van der Waals surface area contributed by atoms with Crippen molar-refractivity contribution in [3.8, 4) is 6.07 Å².